The van der Waals surface area contributed by atoms with Crippen LogP contribution in [0.1, 0.15) is 59.3 Å². The van der Waals surface area contributed by atoms with E-state index >= 15 is 0 Å². The Hall–Kier alpha value is 0.576. The van der Waals surface area contributed by atoms with Crippen LogP contribution in [0.4, 0.5) is 0 Å². The van der Waals surface area contributed by atoms with Gasteiger partial charge in [-0.05, 0) is 72.1 Å². The number of Topliss-reactive ketones (excluding diaryl/α,β-unsaturated/α-hetero) is 3. The number of rotatable bonds is 18. The van der Waals surface area contributed by atoms with Gasteiger partial charge in [-0.3, -0.25) is 0 Å². The summed E-state index contributed by atoms with van der Waals surface area (Å²) >= 11 is 0. The molecule has 226 valence electrons. The maximum Gasteiger partial charge on any atom is 1.00 e. The largest absolute Gasteiger partial charge is 1.00 e. The first-order valence-electron chi connectivity index (χ1n) is 11.6. The molecule has 1 saturated carbocycles. The maximum atomic E-state index is 10.5. The van der Waals surface area contributed by atoms with E-state index in [0.29, 0.717) is 58.3 Å². The van der Waals surface area contributed by atoms with Crippen molar-refractivity contribution in [2.75, 3.05) is 41.2 Å². The molecule has 0 N–H and O–H groups in total. The summed E-state index contributed by atoms with van der Waals surface area (Å²) in [5.74, 6) is 0.337. The molecule has 1 rings (SSSR count). The maximum absolute atomic E-state index is 10.5. The van der Waals surface area contributed by atoms with Crippen LogP contribution in [0.3, 0.4) is 0 Å². The number of ketones is 3. The molecule has 17 heteroatoms. The minimum Gasteiger partial charge on any atom is -0.300 e. The Bertz CT molecular complexity index is 595. The van der Waals surface area contributed by atoms with Gasteiger partial charge in [0.05, 0.1) is 21.3 Å². The molecule has 0 aromatic rings. The Labute approximate surface area is 274 Å². The Balaban J connectivity index is -0.000000137. The molecule has 0 saturated heterocycles. The molecule has 1 fully saturated rings. The fourth-order valence-corrected chi connectivity index (χ4v) is 3.01. The zero-order valence-electron chi connectivity index (χ0n) is 24.3. The second-order valence-electron chi connectivity index (χ2n) is 7.10. The van der Waals surface area contributed by atoms with Crippen LogP contribution >= 0.6 is 24.8 Å². The normalized spacial score (nSPS) is 12.3. The first-order valence-corrected chi connectivity index (χ1v) is 14.9. The third-order valence-corrected chi connectivity index (χ3v) is 5.69. The summed E-state index contributed by atoms with van der Waals surface area (Å²) in [6, 6.07) is 0. The van der Waals surface area contributed by atoms with Crippen LogP contribution in [-0.2, 0) is 72.0 Å². The molecule has 3 unspecified atom stereocenters. The molecule has 12 nitrogen and oxygen atoms in total. The topological polar surface area (TPSA) is 158 Å². The van der Waals surface area contributed by atoms with Crippen LogP contribution in [0.25, 0.3) is 0 Å². The quantitative estimate of drug-likeness (QED) is 0.118. The number of carbonyl (C=O) groups excluding carboxylic acids is 3. The predicted molar refractivity (Wildman–Crippen MR) is 143 cm³/mol. The van der Waals surface area contributed by atoms with Crippen molar-refractivity contribution < 1.29 is 102 Å². The zero-order chi connectivity index (χ0) is 29.6. The fourth-order valence-electron chi connectivity index (χ4n) is 1.86. The molecule has 0 spiro atoms. The smallest absolute Gasteiger partial charge is 0.300 e. The van der Waals surface area contributed by atoms with E-state index in [1.54, 1.807) is 0 Å². The monoisotopic (exact) mass is 684 g/mol. The zero-order valence-corrected chi connectivity index (χ0v) is 30.0. The molecular formula is C23H41CoNaO12P3+4. The first-order chi connectivity index (χ1) is 18.0. The van der Waals surface area contributed by atoms with Crippen molar-refractivity contribution in [1.29, 1.82) is 0 Å². The molecule has 0 heterocycles. The molecular weight excluding hydrogens is 643 g/mol. The number of hydrogen-bond donors (Lipinski definition) is 0. The molecule has 1 aliphatic carbocycles. The van der Waals surface area contributed by atoms with Crippen LogP contribution in [0.15, 0.2) is 0 Å². The summed E-state index contributed by atoms with van der Waals surface area (Å²) < 4.78 is 58.5. The molecule has 6 radical (unpaired) electrons. The SMILES string of the molecule is CO[P+](=O)OCCCC(C)=O.CO[P+](=O)OCCCC(C)=O.CO[P+](=O)OCCCC(C)=O.[CH]1[CH][CH][CH][CH]1.[Co].[Na+]. The van der Waals surface area contributed by atoms with Crippen molar-refractivity contribution in [3.63, 3.8) is 0 Å². The average Bonchev–Trinajstić information content (AvgIpc) is 3.47. The van der Waals surface area contributed by atoms with Crippen LogP contribution in [0.5, 0.6) is 0 Å². The van der Waals surface area contributed by atoms with E-state index < -0.39 is 24.8 Å². The van der Waals surface area contributed by atoms with E-state index in [0.717, 1.165) is 0 Å². The van der Waals surface area contributed by atoms with Gasteiger partial charge in [0.25, 0.3) is 0 Å². The first kappa shape index (κ1) is 50.2. The van der Waals surface area contributed by atoms with Gasteiger partial charge in [0.15, 0.2) is 0 Å². The van der Waals surface area contributed by atoms with Gasteiger partial charge in [-0.25, -0.2) is 0 Å². The molecule has 0 aromatic carbocycles. The predicted octanol–water partition coefficient (Wildman–Crippen LogP) is 3.05. The van der Waals surface area contributed by atoms with Gasteiger partial charge in [0, 0.05) is 49.7 Å². The third-order valence-electron chi connectivity index (χ3n) is 3.61. The second-order valence-corrected chi connectivity index (χ2v) is 10.3. The summed E-state index contributed by atoms with van der Waals surface area (Å²) in [7, 11) is -1.98. The Morgan fingerprint density at radius 2 is 0.725 bits per heavy atom. The van der Waals surface area contributed by atoms with E-state index in [1.165, 1.54) is 42.1 Å². The molecule has 0 aliphatic heterocycles. The minimum atomic E-state index is -1.97. The van der Waals surface area contributed by atoms with Gasteiger partial charge in [-0.2, -0.15) is 0 Å². The van der Waals surface area contributed by atoms with Crippen molar-refractivity contribution in [2.45, 2.75) is 59.3 Å². The molecule has 3 atom stereocenters. The second kappa shape index (κ2) is 39.6. The number of hydrogen-bond acceptors (Lipinski definition) is 12. The summed E-state index contributed by atoms with van der Waals surface area (Å²) in [4.78, 5) is 31.2. The van der Waals surface area contributed by atoms with Crippen LogP contribution in [-0.4, -0.2) is 58.5 Å². The summed E-state index contributed by atoms with van der Waals surface area (Å²) in [5.41, 5.74) is 0. The van der Waals surface area contributed by atoms with Crippen molar-refractivity contribution in [3.8, 4) is 0 Å². The van der Waals surface area contributed by atoms with Gasteiger partial charge < -0.3 is 14.4 Å². The van der Waals surface area contributed by atoms with Gasteiger partial charge in [-0.15, -0.1) is 27.1 Å². The van der Waals surface area contributed by atoms with Crippen LogP contribution < -0.4 is 29.6 Å². The van der Waals surface area contributed by atoms with Crippen LogP contribution in [0.2, 0.25) is 0 Å². The van der Waals surface area contributed by atoms with E-state index in [9.17, 15) is 28.1 Å². The van der Waals surface area contributed by atoms with E-state index in [-0.39, 0.29) is 63.7 Å². The van der Waals surface area contributed by atoms with E-state index in [1.807, 2.05) is 32.1 Å². The Morgan fingerprint density at radius 1 is 0.525 bits per heavy atom. The third kappa shape index (κ3) is 51.3. The summed E-state index contributed by atoms with van der Waals surface area (Å²) in [6.07, 6.45) is 13.2. The van der Waals surface area contributed by atoms with Crippen molar-refractivity contribution >= 4 is 42.1 Å². The van der Waals surface area contributed by atoms with Gasteiger partial charge in [0.1, 0.15) is 37.2 Å². The molecule has 0 bridgehead atoms. The molecule has 1 aliphatic rings. The van der Waals surface area contributed by atoms with E-state index in [4.69, 9.17) is 0 Å². The van der Waals surface area contributed by atoms with Gasteiger partial charge in [-0.1, -0.05) is 0 Å². The summed E-state index contributed by atoms with van der Waals surface area (Å²) in [6.45, 7) is 5.46. The average molecular weight is 684 g/mol. The van der Waals surface area contributed by atoms with E-state index in [2.05, 4.69) is 27.1 Å². The molecule has 0 amide bonds. The fraction of sp³-hybridized carbons (Fsp3) is 0.652. The van der Waals surface area contributed by atoms with Crippen molar-refractivity contribution in [3.05, 3.63) is 32.1 Å². The molecule has 40 heavy (non-hydrogen) atoms. The standard InChI is InChI=1S/3C6H12O4P.C5H5.Co.Na/c3*1-6(7)4-3-5-10-11(8)9-2;1-2-4-5-3-1;;/h3*3-5H2,1-2H3;1-5H;;/q3*+1;;;+1. The Morgan fingerprint density at radius 3 is 0.875 bits per heavy atom. The van der Waals surface area contributed by atoms with Crippen molar-refractivity contribution in [2.24, 2.45) is 0 Å². The summed E-state index contributed by atoms with van der Waals surface area (Å²) in [5, 5.41) is 0. The Kier molecular flexibility index (Phi) is 49.7. The number of carbonyl (C=O) groups is 3. The molecule has 0 aromatic heterocycles. The minimum absolute atomic E-state index is 0. The van der Waals surface area contributed by atoms with Crippen molar-refractivity contribution in [1.82, 2.24) is 0 Å². The van der Waals surface area contributed by atoms with Gasteiger partial charge in [0.2, 0.25) is 0 Å². The van der Waals surface area contributed by atoms with Crippen LogP contribution in [0, 0.1) is 32.1 Å². The van der Waals surface area contributed by atoms with Gasteiger partial charge >= 0.3 is 54.3 Å².